The molecular formula is C23H33N9O5. The van der Waals surface area contributed by atoms with E-state index in [0.29, 0.717) is 12.1 Å². The molecule has 0 aliphatic carbocycles. The molecule has 0 aliphatic rings. The highest BCUT2D eigenvalue weighted by Gasteiger charge is 2.26. The van der Waals surface area contributed by atoms with Crippen LogP contribution in [0.1, 0.15) is 24.1 Å². The van der Waals surface area contributed by atoms with Gasteiger partial charge in [0.05, 0.1) is 18.9 Å². The third-order valence-corrected chi connectivity index (χ3v) is 5.25. The summed E-state index contributed by atoms with van der Waals surface area (Å²) in [5.41, 5.74) is 17.9. The van der Waals surface area contributed by atoms with Crippen molar-refractivity contribution in [1.29, 1.82) is 0 Å². The lowest BCUT2D eigenvalue weighted by Crippen LogP contribution is -2.54. The number of hydrogen-bond donors (Lipinski definition) is 8. The average molecular weight is 516 g/mol. The fourth-order valence-electron chi connectivity index (χ4n) is 3.36. The van der Waals surface area contributed by atoms with Crippen molar-refractivity contribution in [3.63, 3.8) is 0 Å². The zero-order valence-corrected chi connectivity index (χ0v) is 20.2. The summed E-state index contributed by atoms with van der Waals surface area (Å²) in [6.07, 6.45) is 3.77. The van der Waals surface area contributed by atoms with E-state index in [1.807, 2.05) is 6.07 Å². The highest BCUT2D eigenvalue weighted by atomic mass is 16.4. The predicted molar refractivity (Wildman–Crippen MR) is 135 cm³/mol. The van der Waals surface area contributed by atoms with Crippen LogP contribution in [0.2, 0.25) is 0 Å². The number of nitrogens with one attached hydrogen (secondary N) is 4. The maximum absolute atomic E-state index is 12.9. The van der Waals surface area contributed by atoms with E-state index in [9.17, 15) is 24.3 Å². The first-order valence-electron chi connectivity index (χ1n) is 11.6. The lowest BCUT2D eigenvalue weighted by Gasteiger charge is -2.21. The van der Waals surface area contributed by atoms with E-state index in [1.54, 1.807) is 30.5 Å². The zero-order valence-electron chi connectivity index (χ0n) is 20.2. The summed E-state index contributed by atoms with van der Waals surface area (Å²) in [7, 11) is 0. The van der Waals surface area contributed by atoms with Gasteiger partial charge in [0.1, 0.15) is 12.1 Å². The smallest absolute Gasteiger partial charge is 0.326 e. The number of nitrogens with zero attached hydrogens (tertiary/aromatic N) is 2. The van der Waals surface area contributed by atoms with Gasteiger partial charge in [0.2, 0.25) is 17.7 Å². The van der Waals surface area contributed by atoms with E-state index in [2.05, 4.69) is 30.9 Å². The number of hydrogen-bond acceptors (Lipinski definition) is 7. The van der Waals surface area contributed by atoms with Crippen molar-refractivity contribution in [2.45, 2.75) is 43.8 Å². The first kappa shape index (κ1) is 28.8. The van der Waals surface area contributed by atoms with Gasteiger partial charge in [-0.15, -0.1) is 0 Å². The molecule has 2 rings (SSSR count). The number of amides is 3. The van der Waals surface area contributed by atoms with Crippen molar-refractivity contribution in [3.8, 4) is 0 Å². The van der Waals surface area contributed by atoms with Crippen LogP contribution in [0.3, 0.4) is 0 Å². The van der Waals surface area contributed by atoms with E-state index in [-0.39, 0.29) is 31.8 Å². The Morgan fingerprint density at radius 3 is 2.38 bits per heavy atom. The highest BCUT2D eigenvalue weighted by molar-refractivity contribution is 5.92. The minimum atomic E-state index is -1.23. The lowest BCUT2D eigenvalue weighted by atomic mass is 10.0. The number of rotatable bonds is 15. The number of aliphatic imine (C=N–C) groups is 1. The first-order valence-corrected chi connectivity index (χ1v) is 11.6. The van der Waals surface area contributed by atoms with Crippen LogP contribution in [-0.4, -0.2) is 75.9 Å². The van der Waals surface area contributed by atoms with Crippen molar-refractivity contribution in [2.24, 2.45) is 22.2 Å². The molecule has 11 N–H and O–H groups in total. The standard InChI is InChI=1S/C23H33N9O5/c24-16(10-15-11-27-13-30-15)20(34)32-18(9-14-5-2-1-3-6-14)21(35)29-12-19(33)31-17(22(36)37)7-4-8-28-23(25)26/h1-3,5-6,11,13,16-18H,4,7-10,12,24H2,(H,27,30)(H,29,35)(H,31,33)(H,32,34)(H,36,37)(H4,25,26,28). The van der Waals surface area contributed by atoms with Crippen molar-refractivity contribution < 1.29 is 24.3 Å². The summed E-state index contributed by atoms with van der Waals surface area (Å²) in [6.45, 7) is -0.278. The van der Waals surface area contributed by atoms with Crippen LogP contribution in [-0.2, 0) is 32.0 Å². The third kappa shape index (κ3) is 10.8. The first-order chi connectivity index (χ1) is 17.7. The van der Waals surface area contributed by atoms with Gasteiger partial charge in [-0.25, -0.2) is 9.78 Å². The number of aromatic nitrogens is 2. The van der Waals surface area contributed by atoms with Crippen LogP contribution in [0.15, 0.2) is 47.8 Å². The molecule has 200 valence electrons. The van der Waals surface area contributed by atoms with E-state index in [4.69, 9.17) is 17.2 Å². The van der Waals surface area contributed by atoms with Gasteiger partial charge in [-0.1, -0.05) is 30.3 Å². The summed E-state index contributed by atoms with van der Waals surface area (Å²) < 4.78 is 0. The number of carbonyl (C=O) groups excluding carboxylic acids is 3. The molecule has 0 saturated heterocycles. The van der Waals surface area contributed by atoms with Gasteiger partial charge >= 0.3 is 5.97 Å². The van der Waals surface area contributed by atoms with E-state index in [0.717, 1.165) is 5.56 Å². The number of H-pyrrole nitrogens is 1. The monoisotopic (exact) mass is 515 g/mol. The maximum atomic E-state index is 12.9. The van der Waals surface area contributed by atoms with Crippen molar-refractivity contribution >= 4 is 29.7 Å². The van der Waals surface area contributed by atoms with Crippen molar-refractivity contribution in [3.05, 3.63) is 54.1 Å². The summed E-state index contributed by atoms with van der Waals surface area (Å²) in [5, 5.41) is 16.8. The molecule has 1 aromatic heterocycles. The number of aliphatic carboxylic acids is 1. The molecule has 14 heteroatoms. The second kappa shape index (κ2) is 14.8. The molecule has 0 radical (unpaired) electrons. The molecule has 3 atom stereocenters. The van der Waals surface area contributed by atoms with Crippen LogP contribution in [0.4, 0.5) is 0 Å². The number of aromatic amines is 1. The number of benzene rings is 1. The quantitative estimate of drug-likeness (QED) is 0.0724. The van der Waals surface area contributed by atoms with Crippen LogP contribution in [0, 0.1) is 0 Å². The van der Waals surface area contributed by atoms with Gasteiger partial charge in [0.15, 0.2) is 5.96 Å². The van der Waals surface area contributed by atoms with Gasteiger partial charge in [0.25, 0.3) is 0 Å². The number of carboxylic acid groups (broad SMARTS) is 1. The van der Waals surface area contributed by atoms with Crippen molar-refractivity contribution in [1.82, 2.24) is 25.9 Å². The van der Waals surface area contributed by atoms with Gasteiger partial charge < -0.3 is 43.2 Å². The summed E-state index contributed by atoms with van der Waals surface area (Å²) in [6, 6.07) is 5.85. The van der Waals surface area contributed by atoms with Gasteiger partial charge in [-0.05, 0) is 18.4 Å². The molecule has 37 heavy (non-hydrogen) atoms. The molecule has 3 amide bonds. The van der Waals surface area contributed by atoms with Gasteiger partial charge in [-0.3, -0.25) is 19.4 Å². The van der Waals surface area contributed by atoms with Crippen LogP contribution < -0.4 is 33.2 Å². The Labute approximate surface area is 213 Å². The Morgan fingerprint density at radius 2 is 1.76 bits per heavy atom. The molecule has 0 aliphatic heterocycles. The van der Waals surface area contributed by atoms with Gasteiger partial charge in [0, 0.05) is 31.3 Å². The summed E-state index contributed by atoms with van der Waals surface area (Å²) in [4.78, 5) is 59.9. The van der Waals surface area contributed by atoms with E-state index >= 15 is 0 Å². The SMILES string of the molecule is NC(N)=NCCCC(NC(=O)CNC(=O)C(Cc1ccccc1)NC(=O)C(N)Cc1cnc[nH]1)C(=O)O. The normalized spacial score (nSPS) is 13.0. The summed E-state index contributed by atoms with van der Waals surface area (Å²) in [5.74, 6) is -3.23. The molecular weight excluding hydrogens is 482 g/mol. The van der Waals surface area contributed by atoms with Gasteiger partial charge in [-0.2, -0.15) is 0 Å². The average Bonchev–Trinajstić information content (AvgIpc) is 3.37. The fraction of sp³-hybridized carbons (Fsp3) is 0.391. The molecule has 14 nitrogen and oxygen atoms in total. The minimum Gasteiger partial charge on any atom is -0.480 e. The molecule has 3 unspecified atom stereocenters. The predicted octanol–water partition coefficient (Wildman–Crippen LogP) is -2.25. The molecule has 1 aromatic carbocycles. The second-order valence-electron chi connectivity index (χ2n) is 8.26. The van der Waals surface area contributed by atoms with Crippen LogP contribution in [0.25, 0.3) is 0 Å². The van der Waals surface area contributed by atoms with Crippen molar-refractivity contribution in [2.75, 3.05) is 13.1 Å². The Kier molecular flexibility index (Phi) is 11.5. The lowest BCUT2D eigenvalue weighted by molar-refractivity contribution is -0.142. The molecule has 0 fully saturated rings. The molecule has 0 spiro atoms. The van der Waals surface area contributed by atoms with Crippen LogP contribution >= 0.6 is 0 Å². The largest absolute Gasteiger partial charge is 0.480 e. The topological polar surface area (TPSA) is 244 Å². The molecule has 0 saturated carbocycles. The number of carboxylic acids is 1. The Hall–Kier alpha value is -4.46. The number of imidazole rings is 1. The minimum absolute atomic E-state index is 0.0900. The number of carbonyl (C=O) groups is 4. The maximum Gasteiger partial charge on any atom is 0.326 e. The molecule has 1 heterocycles. The van der Waals surface area contributed by atoms with Crippen LogP contribution in [0.5, 0.6) is 0 Å². The van der Waals surface area contributed by atoms with E-state index < -0.39 is 48.4 Å². The highest BCUT2D eigenvalue weighted by Crippen LogP contribution is 2.05. The molecule has 0 bridgehead atoms. The molecule has 2 aromatic rings. The van der Waals surface area contributed by atoms with E-state index in [1.165, 1.54) is 6.33 Å². The fourth-order valence-corrected chi connectivity index (χ4v) is 3.36. The zero-order chi connectivity index (χ0) is 27.2. The Morgan fingerprint density at radius 1 is 1.03 bits per heavy atom. The summed E-state index contributed by atoms with van der Waals surface area (Å²) >= 11 is 0. The Balaban J connectivity index is 1.95. The number of guanidine groups is 1. The third-order valence-electron chi connectivity index (χ3n) is 5.25. The Bertz CT molecular complexity index is 1060. The number of nitrogens with two attached hydrogens (primary N) is 3. The second-order valence-corrected chi connectivity index (χ2v) is 8.26.